The lowest BCUT2D eigenvalue weighted by Crippen LogP contribution is -2.18. The van der Waals surface area contributed by atoms with E-state index in [-0.39, 0.29) is 6.04 Å². The molecule has 0 aliphatic carbocycles. The van der Waals surface area contributed by atoms with Crippen molar-refractivity contribution in [2.24, 2.45) is 0 Å². The lowest BCUT2D eigenvalue weighted by Gasteiger charge is -2.13. The van der Waals surface area contributed by atoms with Gasteiger partial charge >= 0.3 is 0 Å². The van der Waals surface area contributed by atoms with E-state index >= 15 is 0 Å². The Balaban J connectivity index is 1.92. The SMILES string of the molecule is COc1ccc(C(C)NCc2ncc(C)o2)cc1. The van der Waals surface area contributed by atoms with E-state index in [1.807, 2.05) is 19.1 Å². The molecule has 0 spiro atoms. The Morgan fingerprint density at radius 2 is 2.06 bits per heavy atom. The molecule has 0 radical (unpaired) electrons. The Kier molecular flexibility index (Phi) is 3.99. The Morgan fingerprint density at radius 1 is 1.33 bits per heavy atom. The van der Waals surface area contributed by atoms with E-state index in [0.717, 1.165) is 11.5 Å². The van der Waals surface area contributed by atoms with Crippen LogP contribution in [0.15, 0.2) is 34.9 Å². The minimum Gasteiger partial charge on any atom is -0.497 e. The van der Waals surface area contributed by atoms with E-state index in [0.29, 0.717) is 12.4 Å². The molecule has 4 nitrogen and oxygen atoms in total. The predicted molar refractivity (Wildman–Crippen MR) is 69.5 cm³/mol. The van der Waals surface area contributed by atoms with Crippen molar-refractivity contribution in [2.45, 2.75) is 26.4 Å². The van der Waals surface area contributed by atoms with Crippen molar-refractivity contribution >= 4 is 0 Å². The maximum absolute atomic E-state index is 5.41. The summed E-state index contributed by atoms with van der Waals surface area (Å²) in [6.45, 7) is 4.63. The largest absolute Gasteiger partial charge is 0.497 e. The van der Waals surface area contributed by atoms with Crippen molar-refractivity contribution in [1.29, 1.82) is 0 Å². The summed E-state index contributed by atoms with van der Waals surface area (Å²) in [7, 11) is 1.67. The van der Waals surface area contributed by atoms with Crippen molar-refractivity contribution in [3.05, 3.63) is 47.7 Å². The summed E-state index contributed by atoms with van der Waals surface area (Å²) in [4.78, 5) is 4.16. The van der Waals surface area contributed by atoms with Crippen LogP contribution in [-0.4, -0.2) is 12.1 Å². The van der Waals surface area contributed by atoms with Crippen LogP contribution in [0.4, 0.5) is 0 Å². The lowest BCUT2D eigenvalue weighted by atomic mass is 10.1. The summed E-state index contributed by atoms with van der Waals surface area (Å²) < 4.78 is 10.5. The Labute approximate surface area is 107 Å². The van der Waals surface area contributed by atoms with Gasteiger partial charge < -0.3 is 14.5 Å². The van der Waals surface area contributed by atoms with Gasteiger partial charge in [-0.05, 0) is 31.5 Å². The maximum atomic E-state index is 5.41. The number of methoxy groups -OCH3 is 1. The smallest absolute Gasteiger partial charge is 0.208 e. The number of ether oxygens (including phenoxy) is 1. The zero-order valence-corrected chi connectivity index (χ0v) is 10.9. The molecule has 0 fully saturated rings. The van der Waals surface area contributed by atoms with Gasteiger partial charge in [0.25, 0.3) is 0 Å². The van der Waals surface area contributed by atoms with E-state index in [1.165, 1.54) is 5.56 Å². The van der Waals surface area contributed by atoms with Gasteiger partial charge in [0.15, 0.2) is 0 Å². The van der Waals surface area contributed by atoms with E-state index in [9.17, 15) is 0 Å². The minimum absolute atomic E-state index is 0.239. The first kappa shape index (κ1) is 12.6. The molecule has 0 aliphatic rings. The summed E-state index contributed by atoms with van der Waals surface area (Å²) in [6.07, 6.45) is 1.73. The molecule has 2 aromatic rings. The molecule has 4 heteroatoms. The molecule has 0 saturated heterocycles. The van der Waals surface area contributed by atoms with Crippen LogP contribution in [0.2, 0.25) is 0 Å². The third kappa shape index (κ3) is 3.11. The first-order valence-electron chi connectivity index (χ1n) is 5.97. The average molecular weight is 246 g/mol. The highest BCUT2D eigenvalue weighted by atomic mass is 16.5. The number of hydrogen-bond acceptors (Lipinski definition) is 4. The second-order valence-corrected chi connectivity index (χ2v) is 4.24. The third-order valence-corrected chi connectivity index (χ3v) is 2.84. The summed E-state index contributed by atoms with van der Waals surface area (Å²) in [5.41, 5.74) is 1.21. The van der Waals surface area contributed by atoms with E-state index in [4.69, 9.17) is 9.15 Å². The quantitative estimate of drug-likeness (QED) is 0.881. The van der Waals surface area contributed by atoms with Gasteiger partial charge in [0.1, 0.15) is 11.5 Å². The first-order chi connectivity index (χ1) is 8.69. The van der Waals surface area contributed by atoms with Crippen LogP contribution in [0, 0.1) is 6.92 Å². The van der Waals surface area contributed by atoms with E-state index in [1.54, 1.807) is 13.3 Å². The molecular weight excluding hydrogens is 228 g/mol. The number of benzene rings is 1. The van der Waals surface area contributed by atoms with Crippen LogP contribution in [0.1, 0.15) is 30.2 Å². The molecule has 1 heterocycles. The van der Waals surface area contributed by atoms with Crippen molar-refractivity contribution in [3.8, 4) is 5.75 Å². The minimum atomic E-state index is 0.239. The third-order valence-electron chi connectivity index (χ3n) is 2.84. The molecule has 0 saturated carbocycles. The van der Waals surface area contributed by atoms with Crippen molar-refractivity contribution in [1.82, 2.24) is 10.3 Å². The monoisotopic (exact) mass is 246 g/mol. The first-order valence-corrected chi connectivity index (χ1v) is 5.97. The number of nitrogens with zero attached hydrogens (tertiary/aromatic N) is 1. The van der Waals surface area contributed by atoms with E-state index in [2.05, 4.69) is 29.4 Å². The van der Waals surface area contributed by atoms with Gasteiger partial charge in [-0.2, -0.15) is 0 Å². The van der Waals surface area contributed by atoms with Crippen molar-refractivity contribution in [2.75, 3.05) is 7.11 Å². The number of rotatable bonds is 5. The van der Waals surface area contributed by atoms with Crippen LogP contribution in [0.5, 0.6) is 5.75 Å². The summed E-state index contributed by atoms with van der Waals surface area (Å²) >= 11 is 0. The fraction of sp³-hybridized carbons (Fsp3) is 0.357. The topological polar surface area (TPSA) is 47.3 Å². The molecule has 1 aromatic carbocycles. The summed E-state index contributed by atoms with van der Waals surface area (Å²) in [6, 6.07) is 8.27. The zero-order valence-electron chi connectivity index (χ0n) is 10.9. The second-order valence-electron chi connectivity index (χ2n) is 4.24. The van der Waals surface area contributed by atoms with Crippen molar-refractivity contribution < 1.29 is 9.15 Å². The molecule has 1 N–H and O–H groups in total. The number of hydrogen-bond donors (Lipinski definition) is 1. The van der Waals surface area contributed by atoms with Gasteiger partial charge in [-0.15, -0.1) is 0 Å². The number of aryl methyl sites for hydroxylation is 1. The average Bonchev–Trinajstić information content (AvgIpc) is 2.82. The molecule has 0 bridgehead atoms. The molecule has 1 atom stereocenters. The highest BCUT2D eigenvalue weighted by Gasteiger charge is 2.07. The van der Waals surface area contributed by atoms with Gasteiger partial charge in [0.2, 0.25) is 5.89 Å². The molecule has 2 rings (SSSR count). The highest BCUT2D eigenvalue weighted by Crippen LogP contribution is 2.17. The van der Waals surface area contributed by atoms with E-state index < -0.39 is 0 Å². The van der Waals surface area contributed by atoms with Crippen molar-refractivity contribution in [3.63, 3.8) is 0 Å². The number of nitrogens with one attached hydrogen (secondary N) is 1. The van der Waals surface area contributed by atoms with Crippen LogP contribution < -0.4 is 10.1 Å². The lowest BCUT2D eigenvalue weighted by molar-refractivity contribution is 0.413. The highest BCUT2D eigenvalue weighted by molar-refractivity contribution is 5.28. The van der Waals surface area contributed by atoms with Gasteiger partial charge in [0, 0.05) is 6.04 Å². The van der Waals surface area contributed by atoms with Gasteiger partial charge in [-0.1, -0.05) is 12.1 Å². The fourth-order valence-electron chi connectivity index (χ4n) is 1.73. The molecule has 0 aliphatic heterocycles. The number of aromatic nitrogens is 1. The van der Waals surface area contributed by atoms with Crippen LogP contribution in [0.3, 0.4) is 0 Å². The van der Waals surface area contributed by atoms with Crippen LogP contribution >= 0.6 is 0 Å². The molecule has 0 amide bonds. The summed E-state index contributed by atoms with van der Waals surface area (Å²) in [5, 5.41) is 3.37. The summed E-state index contributed by atoms with van der Waals surface area (Å²) in [5.74, 6) is 2.42. The second kappa shape index (κ2) is 5.69. The molecule has 18 heavy (non-hydrogen) atoms. The molecule has 1 unspecified atom stereocenters. The van der Waals surface area contributed by atoms with Gasteiger partial charge in [0.05, 0.1) is 19.9 Å². The van der Waals surface area contributed by atoms with Crippen LogP contribution in [-0.2, 0) is 6.54 Å². The Hall–Kier alpha value is -1.81. The van der Waals surface area contributed by atoms with Gasteiger partial charge in [-0.25, -0.2) is 4.98 Å². The van der Waals surface area contributed by atoms with Crippen LogP contribution in [0.25, 0.3) is 0 Å². The molecular formula is C14H18N2O2. The molecule has 96 valence electrons. The Morgan fingerprint density at radius 3 is 2.61 bits per heavy atom. The van der Waals surface area contributed by atoms with Gasteiger partial charge in [-0.3, -0.25) is 0 Å². The molecule has 1 aromatic heterocycles. The zero-order chi connectivity index (χ0) is 13.0. The fourth-order valence-corrected chi connectivity index (χ4v) is 1.73. The predicted octanol–water partition coefficient (Wildman–Crippen LogP) is 2.84. The standard InChI is InChI=1S/C14H18N2O2/c1-10-8-16-14(18-10)9-15-11(2)12-4-6-13(17-3)7-5-12/h4-8,11,15H,9H2,1-3H3. The Bertz CT molecular complexity index is 491. The normalized spacial score (nSPS) is 12.4. The maximum Gasteiger partial charge on any atom is 0.208 e. The number of oxazole rings is 1.